The molecule has 130 valence electrons. The summed E-state index contributed by atoms with van der Waals surface area (Å²) >= 11 is 6.95. The van der Waals surface area contributed by atoms with Gasteiger partial charge in [-0.05, 0) is 30.7 Å². The SMILES string of the molecule is CCCN(CC1COc2ccccc2O1)S(=O)(=O)c1ccc(Cl)s1. The Morgan fingerprint density at radius 3 is 2.67 bits per heavy atom. The molecular weight excluding hydrogens is 370 g/mol. The predicted molar refractivity (Wildman–Crippen MR) is 94.7 cm³/mol. The van der Waals surface area contributed by atoms with E-state index in [1.807, 2.05) is 31.2 Å². The highest BCUT2D eigenvalue weighted by atomic mass is 35.5. The Kier molecular flexibility index (Phi) is 5.34. The first kappa shape index (κ1) is 17.5. The summed E-state index contributed by atoms with van der Waals surface area (Å²) in [5.74, 6) is 1.32. The Labute approximate surface area is 150 Å². The highest BCUT2D eigenvalue weighted by Gasteiger charge is 2.31. The van der Waals surface area contributed by atoms with Crippen molar-refractivity contribution in [3.05, 3.63) is 40.7 Å². The number of hydrogen-bond acceptors (Lipinski definition) is 5. The number of rotatable bonds is 6. The van der Waals surface area contributed by atoms with Crippen molar-refractivity contribution in [3.63, 3.8) is 0 Å². The van der Waals surface area contributed by atoms with E-state index in [-0.39, 0.29) is 16.9 Å². The van der Waals surface area contributed by atoms with E-state index in [1.165, 1.54) is 4.31 Å². The van der Waals surface area contributed by atoms with E-state index in [9.17, 15) is 8.42 Å². The number of para-hydroxylation sites is 2. The summed E-state index contributed by atoms with van der Waals surface area (Å²) in [6, 6.07) is 10.5. The lowest BCUT2D eigenvalue weighted by Crippen LogP contribution is -2.43. The van der Waals surface area contributed by atoms with Crippen LogP contribution in [0.2, 0.25) is 4.34 Å². The molecule has 24 heavy (non-hydrogen) atoms. The summed E-state index contributed by atoms with van der Waals surface area (Å²) in [7, 11) is -3.59. The zero-order valence-corrected chi connectivity index (χ0v) is 15.5. The van der Waals surface area contributed by atoms with Gasteiger partial charge in [0, 0.05) is 6.54 Å². The molecule has 0 fully saturated rings. The van der Waals surface area contributed by atoms with Gasteiger partial charge in [0.15, 0.2) is 11.5 Å². The zero-order chi connectivity index (χ0) is 17.2. The van der Waals surface area contributed by atoms with Crippen molar-refractivity contribution in [1.82, 2.24) is 4.31 Å². The van der Waals surface area contributed by atoms with Gasteiger partial charge in [0.05, 0.1) is 10.9 Å². The van der Waals surface area contributed by atoms with E-state index in [0.29, 0.717) is 35.4 Å². The monoisotopic (exact) mass is 387 g/mol. The average Bonchev–Trinajstić information content (AvgIpc) is 3.01. The van der Waals surface area contributed by atoms with Crippen LogP contribution in [-0.2, 0) is 10.0 Å². The van der Waals surface area contributed by atoms with E-state index in [2.05, 4.69) is 0 Å². The van der Waals surface area contributed by atoms with Crippen LogP contribution in [0.5, 0.6) is 11.5 Å². The van der Waals surface area contributed by atoms with E-state index >= 15 is 0 Å². The normalized spacial score (nSPS) is 17.2. The molecule has 5 nitrogen and oxygen atoms in total. The molecule has 2 heterocycles. The first-order valence-corrected chi connectivity index (χ1v) is 10.3. The molecule has 0 amide bonds. The van der Waals surface area contributed by atoms with Crippen LogP contribution in [-0.4, -0.2) is 38.5 Å². The van der Waals surface area contributed by atoms with Gasteiger partial charge in [0.1, 0.15) is 16.9 Å². The number of fused-ring (bicyclic) bond motifs is 1. The Morgan fingerprint density at radius 2 is 2.00 bits per heavy atom. The predicted octanol–water partition coefficient (Wildman–Crippen LogP) is 3.64. The van der Waals surface area contributed by atoms with Crippen molar-refractivity contribution < 1.29 is 17.9 Å². The number of nitrogens with zero attached hydrogens (tertiary/aromatic N) is 1. The zero-order valence-electron chi connectivity index (χ0n) is 13.1. The molecule has 0 saturated heterocycles. The standard InChI is InChI=1S/C16H18ClNO4S2/c1-2-9-18(24(19,20)16-8-7-15(17)23-16)10-12-11-21-13-5-3-4-6-14(13)22-12/h3-8,12H,2,9-11H2,1H3. The fourth-order valence-corrected chi connectivity index (χ4v) is 5.70. The number of halogens is 1. The van der Waals surface area contributed by atoms with Gasteiger partial charge >= 0.3 is 0 Å². The number of thiophene rings is 1. The van der Waals surface area contributed by atoms with Crippen LogP contribution in [0.3, 0.4) is 0 Å². The second kappa shape index (κ2) is 7.31. The number of benzene rings is 1. The molecule has 1 aliphatic heterocycles. The molecule has 0 spiro atoms. The topological polar surface area (TPSA) is 55.8 Å². The van der Waals surface area contributed by atoms with Crippen molar-refractivity contribution in [2.24, 2.45) is 0 Å². The van der Waals surface area contributed by atoms with Crippen molar-refractivity contribution >= 4 is 33.0 Å². The second-order valence-electron chi connectivity index (χ2n) is 5.42. The summed E-state index contributed by atoms with van der Waals surface area (Å²) in [4.78, 5) is 0. The fraction of sp³-hybridized carbons (Fsp3) is 0.375. The maximum atomic E-state index is 12.8. The highest BCUT2D eigenvalue weighted by molar-refractivity contribution is 7.91. The minimum Gasteiger partial charge on any atom is -0.486 e. The number of sulfonamides is 1. The van der Waals surface area contributed by atoms with Crippen LogP contribution in [0.15, 0.2) is 40.6 Å². The maximum Gasteiger partial charge on any atom is 0.252 e. The van der Waals surface area contributed by atoms with E-state index in [1.54, 1.807) is 12.1 Å². The highest BCUT2D eigenvalue weighted by Crippen LogP contribution is 2.32. The molecular formula is C16H18ClNO4S2. The smallest absolute Gasteiger partial charge is 0.252 e. The van der Waals surface area contributed by atoms with Gasteiger partial charge in [0.25, 0.3) is 10.0 Å². The number of hydrogen-bond donors (Lipinski definition) is 0. The Hall–Kier alpha value is -1.28. The molecule has 0 aliphatic carbocycles. The van der Waals surface area contributed by atoms with Crippen molar-refractivity contribution in [2.45, 2.75) is 23.7 Å². The van der Waals surface area contributed by atoms with Gasteiger partial charge in [0.2, 0.25) is 0 Å². The summed E-state index contributed by atoms with van der Waals surface area (Å²) in [5.41, 5.74) is 0. The van der Waals surface area contributed by atoms with E-state index < -0.39 is 10.0 Å². The molecule has 3 rings (SSSR count). The lowest BCUT2D eigenvalue weighted by atomic mass is 10.2. The molecule has 0 saturated carbocycles. The summed E-state index contributed by atoms with van der Waals surface area (Å²) < 4.78 is 39.4. The van der Waals surface area contributed by atoms with Crippen LogP contribution in [0.4, 0.5) is 0 Å². The van der Waals surface area contributed by atoms with Crippen LogP contribution >= 0.6 is 22.9 Å². The molecule has 0 N–H and O–H groups in total. The van der Waals surface area contributed by atoms with E-state index in [0.717, 1.165) is 11.3 Å². The van der Waals surface area contributed by atoms with Crippen LogP contribution in [0.25, 0.3) is 0 Å². The Bertz CT molecular complexity index is 806. The maximum absolute atomic E-state index is 12.8. The molecule has 1 aromatic heterocycles. The largest absolute Gasteiger partial charge is 0.486 e. The molecule has 8 heteroatoms. The lowest BCUT2D eigenvalue weighted by molar-refractivity contribution is 0.0764. The first-order chi connectivity index (χ1) is 11.5. The molecule has 0 radical (unpaired) electrons. The van der Waals surface area contributed by atoms with Gasteiger partial charge in [-0.3, -0.25) is 0 Å². The van der Waals surface area contributed by atoms with Gasteiger partial charge in [-0.25, -0.2) is 8.42 Å². The van der Waals surface area contributed by atoms with Crippen LogP contribution < -0.4 is 9.47 Å². The van der Waals surface area contributed by atoms with Crippen molar-refractivity contribution in [1.29, 1.82) is 0 Å². The minimum absolute atomic E-state index is 0.236. The molecule has 1 atom stereocenters. The Balaban J connectivity index is 1.78. The fourth-order valence-electron chi connectivity index (χ4n) is 2.50. The molecule has 2 aromatic rings. The second-order valence-corrected chi connectivity index (χ2v) is 9.30. The molecule has 1 aromatic carbocycles. The Morgan fingerprint density at radius 1 is 1.25 bits per heavy atom. The summed E-state index contributed by atoms with van der Waals surface area (Å²) in [5, 5.41) is 0. The molecule has 1 aliphatic rings. The summed E-state index contributed by atoms with van der Waals surface area (Å²) in [6.45, 7) is 2.91. The third kappa shape index (κ3) is 3.69. The third-order valence-corrected chi connectivity index (χ3v) is 7.15. The number of ether oxygens (including phenoxy) is 2. The van der Waals surface area contributed by atoms with Crippen LogP contribution in [0, 0.1) is 0 Å². The van der Waals surface area contributed by atoms with Crippen LogP contribution in [0.1, 0.15) is 13.3 Å². The average molecular weight is 388 g/mol. The van der Waals surface area contributed by atoms with Gasteiger partial charge in [-0.15, -0.1) is 11.3 Å². The minimum atomic E-state index is -3.59. The third-order valence-electron chi connectivity index (χ3n) is 3.59. The van der Waals surface area contributed by atoms with Gasteiger partial charge < -0.3 is 9.47 Å². The van der Waals surface area contributed by atoms with Gasteiger partial charge in [-0.2, -0.15) is 4.31 Å². The van der Waals surface area contributed by atoms with Crippen molar-refractivity contribution in [2.75, 3.05) is 19.7 Å². The molecule has 0 bridgehead atoms. The summed E-state index contributed by atoms with van der Waals surface area (Å²) in [6.07, 6.45) is 0.360. The van der Waals surface area contributed by atoms with E-state index in [4.69, 9.17) is 21.1 Å². The first-order valence-electron chi connectivity index (χ1n) is 7.64. The quantitative estimate of drug-likeness (QED) is 0.759. The van der Waals surface area contributed by atoms with Gasteiger partial charge in [-0.1, -0.05) is 30.7 Å². The lowest BCUT2D eigenvalue weighted by Gasteiger charge is -2.30. The van der Waals surface area contributed by atoms with Crippen molar-refractivity contribution in [3.8, 4) is 11.5 Å². The molecule has 1 unspecified atom stereocenters.